The highest BCUT2D eigenvalue weighted by Gasteiger charge is 2.29. The summed E-state index contributed by atoms with van der Waals surface area (Å²) < 4.78 is 0. The van der Waals surface area contributed by atoms with Gasteiger partial charge < -0.3 is 10.4 Å². The minimum atomic E-state index is -0.495. The highest BCUT2D eigenvalue weighted by Crippen LogP contribution is 2.24. The first-order valence-electron chi connectivity index (χ1n) is 6.08. The summed E-state index contributed by atoms with van der Waals surface area (Å²) >= 11 is 0. The first-order valence-corrected chi connectivity index (χ1v) is 6.08. The van der Waals surface area contributed by atoms with Crippen LogP contribution in [0.5, 0.6) is 0 Å². The molecule has 2 nitrogen and oxygen atoms in total. The van der Waals surface area contributed by atoms with Crippen molar-refractivity contribution in [3.63, 3.8) is 0 Å². The predicted octanol–water partition coefficient (Wildman–Crippen LogP) is 1.96. The summed E-state index contributed by atoms with van der Waals surface area (Å²) in [5.41, 5.74) is 3.34. The molecule has 0 spiro atoms. The Morgan fingerprint density at radius 1 is 1.12 bits per heavy atom. The van der Waals surface area contributed by atoms with Crippen molar-refractivity contribution in [3.05, 3.63) is 34.9 Å². The molecule has 1 aliphatic rings. The van der Waals surface area contributed by atoms with Crippen LogP contribution >= 0.6 is 0 Å². The number of hydrogen-bond acceptors (Lipinski definition) is 2. The highest BCUT2D eigenvalue weighted by atomic mass is 16.3. The van der Waals surface area contributed by atoms with Gasteiger partial charge in [0, 0.05) is 6.42 Å². The molecule has 88 valence electrons. The normalized spacial score (nSPS) is 19.7. The first-order chi connectivity index (χ1) is 7.57. The van der Waals surface area contributed by atoms with Gasteiger partial charge in [0.1, 0.15) is 0 Å². The third-order valence-electron chi connectivity index (χ3n) is 3.35. The van der Waals surface area contributed by atoms with Crippen molar-refractivity contribution in [2.24, 2.45) is 0 Å². The van der Waals surface area contributed by atoms with Crippen molar-refractivity contribution in [3.8, 4) is 0 Å². The van der Waals surface area contributed by atoms with Gasteiger partial charge in [-0.2, -0.15) is 0 Å². The van der Waals surface area contributed by atoms with Crippen LogP contribution in [0.1, 0.15) is 29.5 Å². The maximum absolute atomic E-state index is 10.5. The van der Waals surface area contributed by atoms with Crippen molar-refractivity contribution in [1.29, 1.82) is 0 Å². The molecule has 1 aliphatic heterocycles. The molecule has 1 aromatic rings. The Labute approximate surface area is 97.7 Å². The molecule has 0 atom stereocenters. The lowest BCUT2D eigenvalue weighted by Gasteiger charge is -2.32. The molecular weight excluding hydrogens is 198 g/mol. The summed E-state index contributed by atoms with van der Waals surface area (Å²) in [5, 5.41) is 13.8. The minimum absolute atomic E-state index is 0.495. The number of rotatable bonds is 2. The molecule has 1 saturated heterocycles. The van der Waals surface area contributed by atoms with Gasteiger partial charge in [-0.1, -0.05) is 29.3 Å². The van der Waals surface area contributed by atoms with Crippen LogP contribution in [0.4, 0.5) is 0 Å². The molecule has 1 aromatic carbocycles. The van der Waals surface area contributed by atoms with Crippen LogP contribution < -0.4 is 5.32 Å². The summed E-state index contributed by atoms with van der Waals surface area (Å²) in [6, 6.07) is 6.55. The van der Waals surface area contributed by atoms with E-state index in [-0.39, 0.29) is 0 Å². The molecule has 0 bridgehead atoms. The molecule has 16 heavy (non-hydrogen) atoms. The van der Waals surface area contributed by atoms with Crippen LogP contribution in [0.25, 0.3) is 0 Å². The largest absolute Gasteiger partial charge is 0.389 e. The Morgan fingerprint density at radius 3 is 2.25 bits per heavy atom. The van der Waals surface area contributed by atoms with Gasteiger partial charge in [-0.05, 0) is 45.3 Å². The van der Waals surface area contributed by atoms with Crippen LogP contribution in [0, 0.1) is 13.8 Å². The Bertz CT molecular complexity index is 347. The quantitative estimate of drug-likeness (QED) is 0.797. The molecule has 2 rings (SSSR count). The van der Waals surface area contributed by atoms with Crippen LogP contribution in [0.2, 0.25) is 0 Å². The third kappa shape index (κ3) is 2.83. The van der Waals surface area contributed by atoms with E-state index in [2.05, 4.69) is 37.4 Å². The lowest BCUT2D eigenvalue weighted by molar-refractivity contribution is 0.0108. The van der Waals surface area contributed by atoms with Gasteiger partial charge >= 0.3 is 0 Å². The van der Waals surface area contributed by atoms with Gasteiger partial charge in [0.05, 0.1) is 5.60 Å². The molecule has 0 unspecified atom stereocenters. The lowest BCUT2D eigenvalue weighted by atomic mass is 9.85. The second-order valence-electron chi connectivity index (χ2n) is 5.15. The third-order valence-corrected chi connectivity index (χ3v) is 3.35. The topological polar surface area (TPSA) is 32.3 Å². The molecule has 0 aromatic heterocycles. The van der Waals surface area contributed by atoms with E-state index in [4.69, 9.17) is 0 Å². The molecule has 0 aliphatic carbocycles. The number of hydrogen-bond donors (Lipinski definition) is 2. The Hall–Kier alpha value is -0.860. The van der Waals surface area contributed by atoms with Gasteiger partial charge in [0.25, 0.3) is 0 Å². The zero-order chi connectivity index (χ0) is 11.6. The van der Waals surface area contributed by atoms with E-state index in [9.17, 15) is 5.11 Å². The van der Waals surface area contributed by atoms with Gasteiger partial charge in [0.15, 0.2) is 0 Å². The van der Waals surface area contributed by atoms with E-state index in [0.717, 1.165) is 32.4 Å². The lowest BCUT2D eigenvalue weighted by Crippen LogP contribution is -2.43. The number of aryl methyl sites for hydroxylation is 2. The summed E-state index contributed by atoms with van der Waals surface area (Å²) in [5.74, 6) is 0. The van der Waals surface area contributed by atoms with Gasteiger partial charge in [-0.3, -0.25) is 0 Å². The predicted molar refractivity (Wildman–Crippen MR) is 66.7 cm³/mol. The number of piperidine rings is 1. The van der Waals surface area contributed by atoms with Crippen LogP contribution in [-0.4, -0.2) is 23.8 Å². The summed E-state index contributed by atoms with van der Waals surface area (Å²) in [6.45, 7) is 6.09. The number of benzene rings is 1. The van der Waals surface area contributed by atoms with Crippen LogP contribution in [0.15, 0.2) is 18.2 Å². The molecule has 2 N–H and O–H groups in total. The fraction of sp³-hybridized carbons (Fsp3) is 0.571. The van der Waals surface area contributed by atoms with E-state index in [1.165, 1.54) is 16.7 Å². The highest BCUT2D eigenvalue weighted by molar-refractivity contribution is 5.29. The zero-order valence-corrected chi connectivity index (χ0v) is 10.2. The van der Waals surface area contributed by atoms with Crippen molar-refractivity contribution in [2.45, 2.75) is 38.7 Å². The summed E-state index contributed by atoms with van der Waals surface area (Å²) in [4.78, 5) is 0. The van der Waals surface area contributed by atoms with Gasteiger partial charge in [0.2, 0.25) is 0 Å². The average molecular weight is 219 g/mol. The van der Waals surface area contributed by atoms with E-state index in [1.54, 1.807) is 0 Å². The summed E-state index contributed by atoms with van der Waals surface area (Å²) in [6.07, 6.45) is 2.51. The number of aliphatic hydroxyl groups is 1. The van der Waals surface area contributed by atoms with Gasteiger partial charge in [-0.15, -0.1) is 0 Å². The summed E-state index contributed by atoms with van der Waals surface area (Å²) in [7, 11) is 0. The van der Waals surface area contributed by atoms with E-state index < -0.39 is 5.60 Å². The Balaban J connectivity index is 2.13. The molecule has 0 radical (unpaired) electrons. The maximum Gasteiger partial charge on any atom is 0.0712 e. The molecular formula is C14H21NO. The molecule has 1 fully saturated rings. The number of nitrogens with one attached hydrogen (secondary N) is 1. The first kappa shape index (κ1) is 11.6. The van der Waals surface area contributed by atoms with Gasteiger partial charge in [-0.25, -0.2) is 0 Å². The van der Waals surface area contributed by atoms with Crippen molar-refractivity contribution in [1.82, 2.24) is 5.32 Å². The van der Waals surface area contributed by atoms with E-state index in [1.807, 2.05) is 0 Å². The monoisotopic (exact) mass is 219 g/mol. The molecule has 1 heterocycles. The van der Waals surface area contributed by atoms with Crippen LogP contribution in [0.3, 0.4) is 0 Å². The maximum atomic E-state index is 10.5. The fourth-order valence-electron chi connectivity index (χ4n) is 2.62. The molecule has 2 heteroatoms. The van der Waals surface area contributed by atoms with E-state index >= 15 is 0 Å². The second kappa shape index (κ2) is 4.56. The zero-order valence-electron chi connectivity index (χ0n) is 10.2. The molecule has 0 saturated carbocycles. The Kier molecular flexibility index (Phi) is 3.31. The smallest absolute Gasteiger partial charge is 0.0712 e. The standard InChI is InChI=1S/C14H21NO/c1-11-7-12(2)9-13(8-11)10-14(16)3-5-15-6-4-14/h7-9,15-16H,3-6,10H2,1-2H3. The van der Waals surface area contributed by atoms with Crippen molar-refractivity contribution >= 4 is 0 Å². The Morgan fingerprint density at radius 2 is 1.69 bits per heavy atom. The van der Waals surface area contributed by atoms with E-state index in [0.29, 0.717) is 0 Å². The SMILES string of the molecule is Cc1cc(C)cc(CC2(O)CCNCC2)c1. The van der Waals surface area contributed by atoms with Crippen LogP contribution in [-0.2, 0) is 6.42 Å². The average Bonchev–Trinajstić information content (AvgIpc) is 2.15. The minimum Gasteiger partial charge on any atom is -0.389 e. The molecule has 0 amide bonds. The van der Waals surface area contributed by atoms with Crippen molar-refractivity contribution < 1.29 is 5.11 Å². The van der Waals surface area contributed by atoms with Crippen molar-refractivity contribution in [2.75, 3.05) is 13.1 Å². The second-order valence-corrected chi connectivity index (χ2v) is 5.15. The fourth-order valence-corrected chi connectivity index (χ4v) is 2.62.